The van der Waals surface area contributed by atoms with Crippen LogP contribution in [0.4, 0.5) is 10.1 Å². The van der Waals surface area contributed by atoms with Gasteiger partial charge in [-0.2, -0.15) is 5.10 Å². The molecule has 0 unspecified atom stereocenters. The first-order valence-corrected chi connectivity index (χ1v) is 11.2. The zero-order chi connectivity index (χ0) is 23.9. The van der Waals surface area contributed by atoms with E-state index in [0.717, 1.165) is 50.0 Å². The van der Waals surface area contributed by atoms with E-state index in [-0.39, 0.29) is 5.82 Å². The summed E-state index contributed by atoms with van der Waals surface area (Å²) in [6, 6.07) is 10.6. The largest absolute Gasteiger partial charge is 0.382 e. The zero-order valence-electron chi connectivity index (χ0n) is 19.0. The van der Waals surface area contributed by atoms with E-state index in [1.165, 1.54) is 12.1 Å². The highest BCUT2D eigenvalue weighted by Gasteiger charge is 2.17. The molecule has 5 aromatic heterocycles. The SMILES string of the molecule is CC(C)Nc1cncc(-c2cc3c(-c4nc5c(-c6ccc(F)cc6)cncc5[nH]4)n[nH]c3cn2)c1. The molecule has 0 aliphatic rings. The third-order valence-corrected chi connectivity index (χ3v) is 5.71. The molecular formula is C26H21FN8. The molecule has 0 atom stereocenters. The molecule has 0 saturated heterocycles. The van der Waals surface area contributed by atoms with Gasteiger partial charge in [-0.1, -0.05) is 12.1 Å². The number of hydrogen-bond acceptors (Lipinski definition) is 6. The van der Waals surface area contributed by atoms with Crippen LogP contribution in [-0.2, 0) is 0 Å². The Morgan fingerprint density at radius 3 is 2.54 bits per heavy atom. The number of rotatable bonds is 5. The van der Waals surface area contributed by atoms with Crippen molar-refractivity contribution in [3.63, 3.8) is 0 Å². The average Bonchev–Trinajstić information content (AvgIpc) is 3.48. The van der Waals surface area contributed by atoms with E-state index >= 15 is 0 Å². The number of nitrogens with one attached hydrogen (secondary N) is 3. The van der Waals surface area contributed by atoms with Gasteiger partial charge in [0.2, 0.25) is 0 Å². The first-order valence-electron chi connectivity index (χ1n) is 11.2. The minimum atomic E-state index is -0.287. The molecule has 1 aromatic carbocycles. The lowest BCUT2D eigenvalue weighted by atomic mass is 10.1. The van der Waals surface area contributed by atoms with Crippen LogP contribution in [0.15, 0.2) is 67.4 Å². The molecule has 0 aliphatic carbocycles. The maximum Gasteiger partial charge on any atom is 0.159 e. The number of nitrogens with zero attached hydrogens (tertiary/aromatic N) is 5. The smallest absolute Gasteiger partial charge is 0.159 e. The lowest BCUT2D eigenvalue weighted by Crippen LogP contribution is -2.09. The quantitative estimate of drug-likeness (QED) is 0.307. The molecule has 35 heavy (non-hydrogen) atoms. The summed E-state index contributed by atoms with van der Waals surface area (Å²) in [5.41, 5.74) is 7.25. The highest BCUT2D eigenvalue weighted by atomic mass is 19.1. The molecule has 6 rings (SSSR count). The fourth-order valence-electron chi connectivity index (χ4n) is 4.13. The van der Waals surface area contributed by atoms with Crippen LogP contribution in [0.2, 0.25) is 0 Å². The van der Waals surface area contributed by atoms with Crippen molar-refractivity contribution in [2.45, 2.75) is 19.9 Å². The molecule has 9 heteroatoms. The molecule has 0 spiro atoms. The first kappa shape index (κ1) is 20.9. The standard InChI is InChI=1S/C26H21FN8/c1-14(2)31-18-7-16(9-28-10-18)21-8-19-22(13-30-21)34-35-25(19)26-32-23-12-29-11-20(24(23)33-26)15-3-5-17(27)6-4-15/h3-14,31H,1-2H3,(H,32,33)(H,34,35). The van der Waals surface area contributed by atoms with Crippen LogP contribution in [0.25, 0.3) is 55.8 Å². The van der Waals surface area contributed by atoms with Crippen LogP contribution in [0, 0.1) is 5.82 Å². The fraction of sp³-hybridized carbons (Fsp3) is 0.115. The molecule has 0 amide bonds. The summed E-state index contributed by atoms with van der Waals surface area (Å²) in [7, 11) is 0. The van der Waals surface area contributed by atoms with Crippen molar-refractivity contribution in [2.75, 3.05) is 5.32 Å². The Kier molecular flexibility index (Phi) is 4.95. The van der Waals surface area contributed by atoms with Crippen molar-refractivity contribution < 1.29 is 4.39 Å². The number of aromatic nitrogens is 7. The highest BCUT2D eigenvalue weighted by molar-refractivity contribution is 5.97. The Morgan fingerprint density at radius 1 is 0.886 bits per heavy atom. The lowest BCUT2D eigenvalue weighted by molar-refractivity contribution is 0.628. The van der Waals surface area contributed by atoms with Crippen LogP contribution in [0.3, 0.4) is 0 Å². The number of H-pyrrole nitrogens is 2. The topological polar surface area (TPSA) is 108 Å². The molecule has 0 aliphatic heterocycles. The molecule has 0 radical (unpaired) electrons. The monoisotopic (exact) mass is 464 g/mol. The minimum Gasteiger partial charge on any atom is -0.382 e. The second-order valence-corrected chi connectivity index (χ2v) is 8.62. The summed E-state index contributed by atoms with van der Waals surface area (Å²) in [6.45, 7) is 4.16. The second kappa shape index (κ2) is 8.28. The predicted octanol–water partition coefficient (Wildman–Crippen LogP) is 5.58. The molecular weight excluding hydrogens is 443 g/mol. The number of hydrogen-bond donors (Lipinski definition) is 3. The first-order chi connectivity index (χ1) is 17.0. The van der Waals surface area contributed by atoms with Gasteiger partial charge in [0.25, 0.3) is 0 Å². The van der Waals surface area contributed by atoms with Gasteiger partial charge in [0, 0.05) is 41.1 Å². The number of halogens is 1. The van der Waals surface area contributed by atoms with E-state index in [2.05, 4.69) is 49.3 Å². The van der Waals surface area contributed by atoms with Crippen LogP contribution in [-0.4, -0.2) is 41.2 Å². The lowest BCUT2D eigenvalue weighted by Gasteiger charge is -2.10. The Morgan fingerprint density at radius 2 is 1.71 bits per heavy atom. The van der Waals surface area contributed by atoms with E-state index in [0.29, 0.717) is 17.6 Å². The predicted molar refractivity (Wildman–Crippen MR) is 134 cm³/mol. The van der Waals surface area contributed by atoms with Crippen LogP contribution < -0.4 is 5.32 Å². The van der Waals surface area contributed by atoms with Gasteiger partial charge in [-0.15, -0.1) is 0 Å². The highest BCUT2D eigenvalue weighted by Crippen LogP contribution is 2.32. The van der Waals surface area contributed by atoms with Gasteiger partial charge in [-0.3, -0.25) is 20.1 Å². The summed E-state index contributed by atoms with van der Waals surface area (Å²) in [4.78, 5) is 21.5. The number of aromatic amines is 2. The Bertz CT molecular complexity index is 1670. The fourth-order valence-corrected chi connectivity index (χ4v) is 4.13. The van der Waals surface area contributed by atoms with E-state index in [9.17, 15) is 4.39 Å². The summed E-state index contributed by atoms with van der Waals surface area (Å²) >= 11 is 0. The summed E-state index contributed by atoms with van der Waals surface area (Å²) < 4.78 is 13.4. The van der Waals surface area contributed by atoms with E-state index in [1.807, 2.05) is 12.1 Å². The van der Waals surface area contributed by atoms with Gasteiger partial charge < -0.3 is 10.3 Å². The number of anilines is 1. The van der Waals surface area contributed by atoms with E-state index in [4.69, 9.17) is 4.98 Å². The normalized spacial score (nSPS) is 11.5. The number of pyridine rings is 3. The van der Waals surface area contributed by atoms with Crippen molar-refractivity contribution in [3.05, 3.63) is 73.2 Å². The van der Waals surface area contributed by atoms with Gasteiger partial charge >= 0.3 is 0 Å². The van der Waals surface area contributed by atoms with Crippen molar-refractivity contribution in [1.29, 1.82) is 0 Å². The van der Waals surface area contributed by atoms with Crippen molar-refractivity contribution in [2.24, 2.45) is 0 Å². The molecule has 3 N–H and O–H groups in total. The maximum absolute atomic E-state index is 13.4. The van der Waals surface area contributed by atoms with E-state index in [1.54, 1.807) is 43.1 Å². The third-order valence-electron chi connectivity index (χ3n) is 5.71. The molecule has 172 valence electrons. The molecule has 8 nitrogen and oxygen atoms in total. The Hall–Kier alpha value is -4.66. The van der Waals surface area contributed by atoms with Crippen LogP contribution >= 0.6 is 0 Å². The van der Waals surface area contributed by atoms with Gasteiger partial charge in [0.05, 0.1) is 40.3 Å². The summed E-state index contributed by atoms with van der Waals surface area (Å²) in [6.07, 6.45) is 8.81. The van der Waals surface area contributed by atoms with Crippen molar-refractivity contribution in [3.8, 4) is 33.9 Å². The summed E-state index contributed by atoms with van der Waals surface area (Å²) in [5, 5.41) is 11.8. The number of fused-ring (bicyclic) bond motifs is 2. The van der Waals surface area contributed by atoms with Crippen molar-refractivity contribution in [1.82, 2.24) is 35.1 Å². The third kappa shape index (κ3) is 3.86. The average molecular weight is 465 g/mol. The van der Waals surface area contributed by atoms with Gasteiger partial charge in [-0.05, 0) is 43.7 Å². The van der Waals surface area contributed by atoms with Crippen LogP contribution in [0.1, 0.15) is 13.8 Å². The summed E-state index contributed by atoms with van der Waals surface area (Å²) in [5.74, 6) is 0.317. The molecule has 0 bridgehead atoms. The maximum atomic E-state index is 13.4. The van der Waals surface area contributed by atoms with Gasteiger partial charge in [0.1, 0.15) is 11.5 Å². The van der Waals surface area contributed by atoms with Gasteiger partial charge in [0.15, 0.2) is 5.82 Å². The number of benzene rings is 1. The second-order valence-electron chi connectivity index (χ2n) is 8.62. The number of imidazole rings is 1. The zero-order valence-corrected chi connectivity index (χ0v) is 19.0. The molecule has 6 aromatic rings. The van der Waals surface area contributed by atoms with E-state index < -0.39 is 0 Å². The molecule has 5 heterocycles. The minimum absolute atomic E-state index is 0.287. The molecule has 0 saturated carbocycles. The van der Waals surface area contributed by atoms with Crippen molar-refractivity contribution >= 4 is 27.6 Å². The Balaban J connectivity index is 1.44. The molecule has 0 fully saturated rings. The Labute approximate surface area is 199 Å². The van der Waals surface area contributed by atoms with Crippen LogP contribution in [0.5, 0.6) is 0 Å². The van der Waals surface area contributed by atoms with Gasteiger partial charge in [-0.25, -0.2) is 9.37 Å².